The van der Waals surface area contributed by atoms with Crippen LogP contribution in [0.15, 0.2) is 78.9 Å². The molecule has 1 heterocycles. The first-order chi connectivity index (χ1) is 18.0. The molecule has 0 unspecified atom stereocenters. The number of non-ortho nitro benzene ring substituents is 1. The summed E-state index contributed by atoms with van der Waals surface area (Å²) in [6, 6.07) is 18.5. The highest BCUT2D eigenvalue weighted by atomic mass is 16.6. The van der Waals surface area contributed by atoms with Gasteiger partial charge in [-0.15, -0.1) is 0 Å². The number of hydrogen-bond acceptors (Lipinski definition) is 7. The molecule has 188 valence electrons. The van der Waals surface area contributed by atoms with E-state index in [0.717, 1.165) is 23.2 Å². The van der Waals surface area contributed by atoms with Gasteiger partial charge in [-0.05, 0) is 60.2 Å². The molecule has 0 saturated heterocycles. The molecule has 0 radical (unpaired) electrons. The van der Waals surface area contributed by atoms with Crippen LogP contribution >= 0.6 is 0 Å². The maximum absolute atomic E-state index is 13.1. The molecule has 8 nitrogen and oxygen atoms in total. The number of allylic oxidation sites excluding steroid dienone is 2. The standard InChI is InChI=1S/C29H26N2O6/c1-2-15-36-29(33)23-9-3-4-12-26(23)37-28(32)19-13-14-25-24(17-19)21-10-6-11-22(21)27(30-25)18-7-5-8-20(16-18)31(34)35/h3-10,12-14,16-17,21-22,27,30H,2,11,15H2,1H3/t21-,22-,27+/m1/s1. The first-order valence-electron chi connectivity index (χ1n) is 12.3. The molecular weight excluding hydrogens is 472 g/mol. The molecule has 0 bridgehead atoms. The van der Waals surface area contributed by atoms with Gasteiger partial charge in [-0.25, -0.2) is 9.59 Å². The molecule has 1 aliphatic heterocycles. The minimum absolute atomic E-state index is 0.0459. The Morgan fingerprint density at radius 2 is 1.89 bits per heavy atom. The topological polar surface area (TPSA) is 108 Å². The summed E-state index contributed by atoms with van der Waals surface area (Å²) in [5.74, 6) is -0.767. The second-order valence-corrected chi connectivity index (χ2v) is 9.15. The Bertz CT molecular complexity index is 1400. The van der Waals surface area contributed by atoms with Crippen LogP contribution in [0.1, 0.15) is 63.6 Å². The fraction of sp³-hybridized carbons (Fsp3) is 0.241. The van der Waals surface area contributed by atoms with Crippen molar-refractivity contribution in [1.82, 2.24) is 0 Å². The number of nitro benzene ring substituents is 1. The molecule has 1 aliphatic carbocycles. The third-order valence-electron chi connectivity index (χ3n) is 6.79. The van der Waals surface area contributed by atoms with Crippen LogP contribution in [-0.4, -0.2) is 23.5 Å². The highest BCUT2D eigenvalue weighted by Crippen LogP contribution is 2.50. The monoisotopic (exact) mass is 498 g/mol. The number of para-hydroxylation sites is 1. The molecule has 8 heteroatoms. The third kappa shape index (κ3) is 4.82. The van der Waals surface area contributed by atoms with Gasteiger partial charge in [0.05, 0.1) is 23.1 Å². The number of rotatable bonds is 7. The van der Waals surface area contributed by atoms with Crippen molar-refractivity contribution in [3.63, 3.8) is 0 Å². The molecule has 0 aromatic heterocycles. The van der Waals surface area contributed by atoms with E-state index in [1.165, 1.54) is 6.07 Å². The lowest BCUT2D eigenvalue weighted by Crippen LogP contribution is -2.29. The van der Waals surface area contributed by atoms with E-state index in [0.29, 0.717) is 12.0 Å². The van der Waals surface area contributed by atoms with E-state index in [9.17, 15) is 19.7 Å². The number of ether oxygens (including phenoxy) is 2. The van der Waals surface area contributed by atoms with Gasteiger partial charge in [-0.1, -0.05) is 43.3 Å². The van der Waals surface area contributed by atoms with Gasteiger partial charge >= 0.3 is 11.9 Å². The lowest BCUT2D eigenvalue weighted by Gasteiger charge is -2.37. The molecule has 3 atom stereocenters. The Balaban J connectivity index is 1.40. The summed E-state index contributed by atoms with van der Waals surface area (Å²) in [7, 11) is 0. The third-order valence-corrected chi connectivity index (χ3v) is 6.79. The molecule has 2 aliphatic rings. The number of nitro groups is 1. The van der Waals surface area contributed by atoms with Crippen LogP contribution in [0.2, 0.25) is 0 Å². The molecule has 1 N–H and O–H groups in total. The first kappa shape index (κ1) is 24.2. The van der Waals surface area contributed by atoms with Crippen molar-refractivity contribution in [1.29, 1.82) is 0 Å². The summed E-state index contributed by atoms with van der Waals surface area (Å²) >= 11 is 0. The number of nitrogens with one attached hydrogen (secondary N) is 1. The van der Waals surface area contributed by atoms with Crippen molar-refractivity contribution in [2.24, 2.45) is 5.92 Å². The zero-order valence-corrected chi connectivity index (χ0v) is 20.3. The summed E-state index contributed by atoms with van der Waals surface area (Å²) in [5, 5.41) is 14.8. The summed E-state index contributed by atoms with van der Waals surface area (Å²) < 4.78 is 10.8. The van der Waals surface area contributed by atoms with Crippen molar-refractivity contribution in [2.45, 2.75) is 31.7 Å². The van der Waals surface area contributed by atoms with Gasteiger partial charge in [-0.2, -0.15) is 0 Å². The molecule has 0 spiro atoms. The lowest BCUT2D eigenvalue weighted by atomic mass is 9.76. The number of carbonyl (C=O) groups excluding carboxylic acids is 2. The number of anilines is 1. The van der Waals surface area contributed by atoms with Crippen molar-refractivity contribution in [3.05, 3.63) is 111 Å². The maximum atomic E-state index is 13.1. The number of fused-ring (bicyclic) bond motifs is 3. The van der Waals surface area contributed by atoms with Crippen molar-refractivity contribution in [3.8, 4) is 5.75 Å². The highest BCUT2D eigenvalue weighted by Gasteiger charge is 2.38. The van der Waals surface area contributed by atoms with Gasteiger partial charge in [0.15, 0.2) is 0 Å². The number of hydrogen-bond donors (Lipinski definition) is 1. The summed E-state index contributed by atoms with van der Waals surface area (Å²) in [6.07, 6.45) is 5.74. The van der Waals surface area contributed by atoms with E-state index in [1.54, 1.807) is 42.5 Å². The van der Waals surface area contributed by atoms with Gasteiger partial charge in [0.25, 0.3) is 5.69 Å². The zero-order chi connectivity index (χ0) is 25.9. The van der Waals surface area contributed by atoms with E-state index in [-0.39, 0.29) is 46.4 Å². The Morgan fingerprint density at radius 3 is 2.70 bits per heavy atom. The normalized spacial score (nSPS) is 19.3. The number of benzene rings is 3. The van der Waals surface area contributed by atoms with Crippen LogP contribution in [0.5, 0.6) is 5.75 Å². The molecule has 0 saturated carbocycles. The number of carbonyl (C=O) groups is 2. The van der Waals surface area contributed by atoms with Crippen LogP contribution < -0.4 is 10.1 Å². The number of esters is 2. The Hall–Kier alpha value is -4.46. The smallest absolute Gasteiger partial charge is 0.343 e. The Kier molecular flexibility index (Phi) is 6.72. The molecule has 37 heavy (non-hydrogen) atoms. The quantitative estimate of drug-likeness (QED) is 0.136. The van der Waals surface area contributed by atoms with Gasteiger partial charge < -0.3 is 14.8 Å². The second-order valence-electron chi connectivity index (χ2n) is 9.15. The SMILES string of the molecule is CCCOC(=O)c1ccccc1OC(=O)c1ccc2c(c1)[C@@H]1C=CC[C@H]1[C@H](c1cccc([N+](=O)[O-])c1)N2. The van der Waals surface area contributed by atoms with Crippen LogP contribution in [0.3, 0.4) is 0 Å². The molecule has 3 aromatic rings. The van der Waals surface area contributed by atoms with Gasteiger partial charge in [0.2, 0.25) is 0 Å². The largest absolute Gasteiger partial charge is 0.462 e. The van der Waals surface area contributed by atoms with Crippen molar-refractivity contribution < 1.29 is 24.0 Å². The lowest BCUT2D eigenvalue weighted by molar-refractivity contribution is -0.384. The second kappa shape index (κ2) is 10.3. The first-order valence-corrected chi connectivity index (χ1v) is 12.3. The van der Waals surface area contributed by atoms with Crippen LogP contribution in [0.25, 0.3) is 0 Å². The Morgan fingerprint density at radius 1 is 1.05 bits per heavy atom. The summed E-state index contributed by atoms with van der Waals surface area (Å²) in [5.41, 5.74) is 3.31. The molecule has 3 aromatic carbocycles. The molecule has 5 rings (SSSR count). The van der Waals surface area contributed by atoms with Crippen molar-refractivity contribution in [2.75, 3.05) is 11.9 Å². The average molecular weight is 499 g/mol. The highest BCUT2D eigenvalue weighted by molar-refractivity contribution is 5.96. The van der Waals surface area contributed by atoms with Gasteiger partial charge in [0.1, 0.15) is 11.3 Å². The summed E-state index contributed by atoms with van der Waals surface area (Å²) in [4.78, 5) is 36.4. The Labute approximate surface area is 214 Å². The minimum Gasteiger partial charge on any atom is -0.462 e. The molecule has 0 amide bonds. The minimum atomic E-state index is -0.571. The van der Waals surface area contributed by atoms with Gasteiger partial charge in [-0.3, -0.25) is 10.1 Å². The fourth-order valence-electron chi connectivity index (χ4n) is 5.04. The maximum Gasteiger partial charge on any atom is 0.343 e. The van der Waals surface area contributed by atoms with Crippen LogP contribution in [0.4, 0.5) is 11.4 Å². The molecule has 0 fully saturated rings. The van der Waals surface area contributed by atoms with E-state index in [4.69, 9.17) is 9.47 Å². The predicted octanol–water partition coefficient (Wildman–Crippen LogP) is 6.21. The van der Waals surface area contributed by atoms with E-state index < -0.39 is 11.9 Å². The van der Waals surface area contributed by atoms with Crippen LogP contribution in [-0.2, 0) is 4.74 Å². The van der Waals surface area contributed by atoms with E-state index in [2.05, 4.69) is 17.5 Å². The molecular formula is C29H26N2O6. The van der Waals surface area contributed by atoms with Crippen LogP contribution in [0, 0.1) is 16.0 Å². The zero-order valence-electron chi connectivity index (χ0n) is 20.3. The summed E-state index contributed by atoms with van der Waals surface area (Å²) in [6.45, 7) is 2.19. The van der Waals surface area contributed by atoms with E-state index in [1.807, 2.05) is 25.1 Å². The van der Waals surface area contributed by atoms with Gasteiger partial charge in [0, 0.05) is 23.7 Å². The van der Waals surface area contributed by atoms with Crippen molar-refractivity contribution >= 4 is 23.3 Å². The number of nitrogens with zero attached hydrogens (tertiary/aromatic N) is 1. The predicted molar refractivity (Wildman–Crippen MR) is 138 cm³/mol. The fourth-order valence-corrected chi connectivity index (χ4v) is 5.04. The van der Waals surface area contributed by atoms with E-state index >= 15 is 0 Å². The average Bonchev–Trinajstić information content (AvgIpc) is 3.42.